The van der Waals surface area contributed by atoms with Crippen LogP contribution in [0.4, 0.5) is 15.8 Å². The number of ketones is 1. The molecule has 0 spiro atoms. The van der Waals surface area contributed by atoms with Gasteiger partial charge in [-0.05, 0) is 67.1 Å². The second-order valence-electron chi connectivity index (χ2n) is 6.44. The van der Waals surface area contributed by atoms with E-state index < -0.39 is 5.82 Å². The zero-order chi connectivity index (χ0) is 20.8. The fraction of sp³-hybridized carbons (Fsp3) is 0.0870. The minimum atomic E-state index is -0.403. The lowest BCUT2D eigenvalue weighted by Crippen LogP contribution is -2.12. The third-order valence-corrected chi connectivity index (χ3v) is 4.30. The SMILES string of the molecule is CC(=O)c1ccc(C#N)cc1NCc1cccc(NC(=O)c2ccc(F)cc2)c1. The normalized spacial score (nSPS) is 10.1. The zero-order valence-corrected chi connectivity index (χ0v) is 15.7. The molecule has 0 aliphatic rings. The molecule has 3 rings (SSSR count). The molecule has 5 nitrogen and oxygen atoms in total. The summed E-state index contributed by atoms with van der Waals surface area (Å²) in [7, 11) is 0. The van der Waals surface area contributed by atoms with Crippen LogP contribution >= 0.6 is 0 Å². The van der Waals surface area contributed by atoms with Crippen LogP contribution in [0.1, 0.15) is 38.8 Å². The van der Waals surface area contributed by atoms with E-state index in [1.807, 2.05) is 6.07 Å². The van der Waals surface area contributed by atoms with Gasteiger partial charge in [0.1, 0.15) is 5.82 Å². The van der Waals surface area contributed by atoms with Crippen LogP contribution in [0.5, 0.6) is 0 Å². The molecule has 0 atom stereocenters. The van der Waals surface area contributed by atoms with Gasteiger partial charge in [-0.25, -0.2) is 4.39 Å². The summed E-state index contributed by atoms with van der Waals surface area (Å²) in [5.41, 5.74) is 3.36. The standard InChI is InChI=1S/C23H18FN3O2/c1-15(28)21-10-5-16(13-25)12-22(21)26-14-17-3-2-4-20(11-17)27-23(29)18-6-8-19(24)9-7-18/h2-12,26H,14H2,1H3,(H,27,29). The maximum atomic E-state index is 13.0. The van der Waals surface area contributed by atoms with E-state index in [-0.39, 0.29) is 11.7 Å². The van der Waals surface area contributed by atoms with Crippen LogP contribution < -0.4 is 10.6 Å². The number of Topliss-reactive ketones (excluding diaryl/α,β-unsaturated/α-hetero) is 1. The van der Waals surface area contributed by atoms with E-state index in [4.69, 9.17) is 5.26 Å². The van der Waals surface area contributed by atoms with Gasteiger partial charge >= 0.3 is 0 Å². The highest BCUT2D eigenvalue weighted by molar-refractivity contribution is 6.04. The van der Waals surface area contributed by atoms with Crippen LogP contribution in [0.15, 0.2) is 66.7 Å². The molecule has 0 saturated heterocycles. The number of rotatable bonds is 6. The molecular formula is C23H18FN3O2. The van der Waals surface area contributed by atoms with E-state index in [0.29, 0.717) is 34.6 Å². The van der Waals surface area contributed by atoms with Crippen molar-refractivity contribution in [3.8, 4) is 6.07 Å². The van der Waals surface area contributed by atoms with Gasteiger partial charge < -0.3 is 10.6 Å². The largest absolute Gasteiger partial charge is 0.380 e. The number of benzene rings is 3. The maximum Gasteiger partial charge on any atom is 0.255 e. The second-order valence-corrected chi connectivity index (χ2v) is 6.44. The topological polar surface area (TPSA) is 82.0 Å². The lowest BCUT2D eigenvalue weighted by atomic mass is 10.1. The molecule has 0 heterocycles. The van der Waals surface area contributed by atoms with Crippen molar-refractivity contribution in [2.75, 3.05) is 10.6 Å². The number of carbonyl (C=O) groups excluding carboxylic acids is 2. The molecule has 144 valence electrons. The third-order valence-electron chi connectivity index (χ3n) is 4.30. The Hall–Kier alpha value is -3.98. The van der Waals surface area contributed by atoms with Gasteiger partial charge in [0.2, 0.25) is 0 Å². The van der Waals surface area contributed by atoms with E-state index >= 15 is 0 Å². The van der Waals surface area contributed by atoms with E-state index in [2.05, 4.69) is 16.7 Å². The first-order valence-electron chi connectivity index (χ1n) is 8.91. The van der Waals surface area contributed by atoms with Gasteiger partial charge in [0.05, 0.1) is 11.6 Å². The fourth-order valence-corrected chi connectivity index (χ4v) is 2.83. The Balaban J connectivity index is 1.72. The predicted molar refractivity (Wildman–Crippen MR) is 109 cm³/mol. The Morgan fingerprint density at radius 2 is 1.79 bits per heavy atom. The van der Waals surface area contributed by atoms with Gasteiger partial charge in [-0.1, -0.05) is 12.1 Å². The number of amides is 1. The molecule has 0 saturated carbocycles. The number of nitrogens with one attached hydrogen (secondary N) is 2. The van der Waals surface area contributed by atoms with Gasteiger partial charge in [0.25, 0.3) is 5.91 Å². The Morgan fingerprint density at radius 3 is 2.48 bits per heavy atom. The Kier molecular flexibility index (Phi) is 6.00. The van der Waals surface area contributed by atoms with E-state index in [1.54, 1.807) is 36.4 Å². The molecule has 0 fully saturated rings. The molecule has 3 aromatic rings. The second kappa shape index (κ2) is 8.81. The third kappa shape index (κ3) is 5.05. The van der Waals surface area contributed by atoms with Gasteiger partial charge in [-0.15, -0.1) is 0 Å². The molecule has 2 N–H and O–H groups in total. The van der Waals surface area contributed by atoms with Crippen molar-refractivity contribution in [1.82, 2.24) is 0 Å². The molecule has 0 bridgehead atoms. The maximum absolute atomic E-state index is 13.0. The Labute approximate surface area is 167 Å². The van der Waals surface area contributed by atoms with E-state index in [1.165, 1.54) is 31.2 Å². The van der Waals surface area contributed by atoms with Gasteiger partial charge in [-0.3, -0.25) is 9.59 Å². The quantitative estimate of drug-likeness (QED) is 0.597. The highest BCUT2D eigenvalue weighted by Crippen LogP contribution is 2.20. The van der Waals surface area contributed by atoms with Crippen molar-refractivity contribution in [2.45, 2.75) is 13.5 Å². The monoisotopic (exact) mass is 387 g/mol. The number of hydrogen-bond acceptors (Lipinski definition) is 4. The lowest BCUT2D eigenvalue weighted by molar-refractivity contribution is 0.101. The van der Waals surface area contributed by atoms with Crippen LogP contribution in [0, 0.1) is 17.1 Å². The van der Waals surface area contributed by atoms with Crippen LogP contribution in [0.3, 0.4) is 0 Å². The van der Waals surface area contributed by atoms with Crippen molar-refractivity contribution in [3.63, 3.8) is 0 Å². The summed E-state index contributed by atoms with van der Waals surface area (Å²) in [6.45, 7) is 1.87. The first-order chi connectivity index (χ1) is 14.0. The molecule has 0 aliphatic carbocycles. The molecule has 0 radical (unpaired) electrons. The number of nitrogens with zero attached hydrogens (tertiary/aromatic N) is 1. The molecule has 6 heteroatoms. The average molecular weight is 387 g/mol. The van der Waals surface area contributed by atoms with E-state index in [9.17, 15) is 14.0 Å². The molecule has 0 aromatic heterocycles. The summed E-state index contributed by atoms with van der Waals surface area (Å²) in [6.07, 6.45) is 0. The van der Waals surface area contributed by atoms with Crippen LogP contribution in [-0.4, -0.2) is 11.7 Å². The van der Waals surface area contributed by atoms with Crippen molar-refractivity contribution in [2.24, 2.45) is 0 Å². The lowest BCUT2D eigenvalue weighted by Gasteiger charge is -2.12. The van der Waals surface area contributed by atoms with Crippen molar-refractivity contribution < 1.29 is 14.0 Å². The van der Waals surface area contributed by atoms with E-state index in [0.717, 1.165) is 5.56 Å². The van der Waals surface area contributed by atoms with Crippen LogP contribution in [0.2, 0.25) is 0 Å². The van der Waals surface area contributed by atoms with Crippen molar-refractivity contribution in [1.29, 1.82) is 5.26 Å². The summed E-state index contributed by atoms with van der Waals surface area (Å²) in [4.78, 5) is 24.1. The molecule has 0 unspecified atom stereocenters. The molecule has 3 aromatic carbocycles. The molecule has 0 aliphatic heterocycles. The number of nitriles is 1. The van der Waals surface area contributed by atoms with Crippen molar-refractivity contribution in [3.05, 3.63) is 94.8 Å². The highest BCUT2D eigenvalue weighted by atomic mass is 19.1. The summed E-state index contributed by atoms with van der Waals surface area (Å²) in [5, 5.41) is 15.0. The minimum Gasteiger partial charge on any atom is -0.380 e. The first-order valence-corrected chi connectivity index (χ1v) is 8.91. The number of carbonyl (C=O) groups is 2. The van der Waals surface area contributed by atoms with Gasteiger partial charge in [0, 0.05) is 29.0 Å². The van der Waals surface area contributed by atoms with Gasteiger partial charge in [-0.2, -0.15) is 5.26 Å². The smallest absolute Gasteiger partial charge is 0.255 e. The average Bonchev–Trinajstić information content (AvgIpc) is 2.72. The minimum absolute atomic E-state index is 0.0997. The predicted octanol–water partition coefficient (Wildman–Crippen LogP) is 4.76. The van der Waals surface area contributed by atoms with Crippen LogP contribution in [0.25, 0.3) is 0 Å². The zero-order valence-electron chi connectivity index (χ0n) is 15.7. The summed E-state index contributed by atoms with van der Waals surface area (Å²) in [5.74, 6) is -0.840. The molecule has 29 heavy (non-hydrogen) atoms. The number of anilines is 2. The first kappa shape index (κ1) is 19.8. The van der Waals surface area contributed by atoms with Crippen molar-refractivity contribution >= 4 is 23.1 Å². The summed E-state index contributed by atoms with van der Waals surface area (Å²) < 4.78 is 13.0. The molecule has 1 amide bonds. The summed E-state index contributed by atoms with van der Waals surface area (Å²) >= 11 is 0. The number of hydrogen-bond donors (Lipinski definition) is 2. The number of halogens is 1. The highest BCUT2D eigenvalue weighted by Gasteiger charge is 2.09. The fourth-order valence-electron chi connectivity index (χ4n) is 2.83. The Morgan fingerprint density at radius 1 is 1.03 bits per heavy atom. The van der Waals surface area contributed by atoms with Gasteiger partial charge in [0.15, 0.2) is 5.78 Å². The summed E-state index contributed by atoms with van der Waals surface area (Å²) in [6, 6.07) is 19.5. The van der Waals surface area contributed by atoms with Crippen LogP contribution in [-0.2, 0) is 6.54 Å². The Bertz CT molecular complexity index is 1100. The molecular weight excluding hydrogens is 369 g/mol.